The number of hydrogen-bond acceptors (Lipinski definition) is 3. The van der Waals surface area contributed by atoms with Crippen LogP contribution in [0.3, 0.4) is 0 Å². The molecule has 6 heteroatoms. The van der Waals surface area contributed by atoms with Crippen LogP contribution >= 0.6 is 0 Å². The first-order chi connectivity index (χ1) is 11.5. The lowest BCUT2D eigenvalue weighted by Gasteiger charge is -2.35. The summed E-state index contributed by atoms with van der Waals surface area (Å²) in [6.45, 7) is 12.1. The van der Waals surface area contributed by atoms with Crippen molar-refractivity contribution in [2.75, 3.05) is 32.7 Å². The lowest BCUT2D eigenvalue weighted by atomic mass is 9.92. The lowest BCUT2D eigenvalue weighted by molar-refractivity contribution is 0.140. The molecule has 0 aliphatic carbocycles. The fourth-order valence-corrected chi connectivity index (χ4v) is 3.70. The highest BCUT2D eigenvalue weighted by Crippen LogP contribution is 2.20. The third-order valence-corrected chi connectivity index (χ3v) is 4.56. The molecule has 1 saturated heterocycles. The van der Waals surface area contributed by atoms with E-state index in [9.17, 15) is 4.79 Å². The summed E-state index contributed by atoms with van der Waals surface area (Å²) in [5.41, 5.74) is 1.07. The monoisotopic (exact) mass is 335 g/mol. The molecule has 1 aromatic heterocycles. The smallest absolute Gasteiger partial charge is 0.317 e. The molecule has 0 spiro atoms. The van der Waals surface area contributed by atoms with Crippen molar-refractivity contribution in [1.82, 2.24) is 24.9 Å². The van der Waals surface area contributed by atoms with Gasteiger partial charge in [0.2, 0.25) is 0 Å². The lowest BCUT2D eigenvalue weighted by Crippen LogP contribution is -2.45. The second-order valence-corrected chi connectivity index (χ2v) is 7.38. The van der Waals surface area contributed by atoms with Crippen molar-refractivity contribution in [3.63, 3.8) is 0 Å². The molecule has 0 saturated carbocycles. The van der Waals surface area contributed by atoms with Crippen LogP contribution in [0.1, 0.15) is 39.2 Å². The summed E-state index contributed by atoms with van der Waals surface area (Å²) in [7, 11) is 1.90. The Hall–Kier alpha value is -1.56. The first-order valence-electron chi connectivity index (χ1n) is 9.20. The molecular weight excluding hydrogens is 302 g/mol. The number of hydrogen-bond donors (Lipinski definition) is 1. The van der Waals surface area contributed by atoms with Gasteiger partial charge in [-0.1, -0.05) is 20.8 Å². The predicted octanol–water partition coefficient (Wildman–Crippen LogP) is 2.32. The van der Waals surface area contributed by atoms with Crippen LogP contribution in [0, 0.1) is 11.8 Å². The van der Waals surface area contributed by atoms with Gasteiger partial charge in [-0.2, -0.15) is 5.10 Å². The zero-order valence-corrected chi connectivity index (χ0v) is 15.7. The Kier molecular flexibility index (Phi) is 7.09. The summed E-state index contributed by atoms with van der Waals surface area (Å²) < 4.78 is 1.77. The molecule has 1 fully saturated rings. The Bertz CT molecular complexity index is 505. The van der Waals surface area contributed by atoms with Crippen LogP contribution in [0.15, 0.2) is 12.4 Å². The first-order valence-corrected chi connectivity index (χ1v) is 9.20. The number of likely N-dealkylation sites (tertiary alicyclic amines) is 1. The molecule has 0 unspecified atom stereocenters. The number of urea groups is 1. The first kappa shape index (κ1) is 18.8. The summed E-state index contributed by atoms with van der Waals surface area (Å²) in [4.78, 5) is 16.8. The normalized spacial score (nSPS) is 21.7. The molecule has 0 aromatic carbocycles. The molecule has 2 amide bonds. The van der Waals surface area contributed by atoms with Gasteiger partial charge >= 0.3 is 6.03 Å². The SMILES string of the molecule is CCCN(Cc1cnn(C)c1)C(=O)NCCN1C[C@H](C)C[C@@H](C)C1. The summed E-state index contributed by atoms with van der Waals surface area (Å²) in [6.07, 6.45) is 6.06. The topological polar surface area (TPSA) is 53.4 Å². The molecule has 1 aliphatic rings. The van der Waals surface area contributed by atoms with Crippen LogP contribution in [0.25, 0.3) is 0 Å². The quantitative estimate of drug-likeness (QED) is 0.832. The molecule has 136 valence electrons. The number of nitrogens with zero attached hydrogens (tertiary/aromatic N) is 4. The van der Waals surface area contributed by atoms with E-state index >= 15 is 0 Å². The Morgan fingerprint density at radius 2 is 2.08 bits per heavy atom. The average molecular weight is 335 g/mol. The fourth-order valence-electron chi connectivity index (χ4n) is 3.70. The number of carbonyl (C=O) groups excluding carboxylic acids is 1. The van der Waals surface area contributed by atoms with E-state index < -0.39 is 0 Å². The molecule has 1 aromatic rings. The molecule has 24 heavy (non-hydrogen) atoms. The highest BCUT2D eigenvalue weighted by atomic mass is 16.2. The zero-order valence-electron chi connectivity index (χ0n) is 15.7. The van der Waals surface area contributed by atoms with Crippen molar-refractivity contribution in [3.8, 4) is 0 Å². The highest BCUT2D eigenvalue weighted by molar-refractivity contribution is 5.74. The fraction of sp³-hybridized carbons (Fsp3) is 0.778. The van der Waals surface area contributed by atoms with Crippen LogP contribution in [0.5, 0.6) is 0 Å². The van der Waals surface area contributed by atoms with Crippen LogP contribution in [-0.2, 0) is 13.6 Å². The van der Waals surface area contributed by atoms with E-state index in [0.717, 1.165) is 50.0 Å². The molecule has 1 N–H and O–H groups in total. The largest absolute Gasteiger partial charge is 0.337 e. The molecule has 6 nitrogen and oxygen atoms in total. The number of aryl methyl sites for hydroxylation is 1. The second-order valence-electron chi connectivity index (χ2n) is 7.38. The maximum Gasteiger partial charge on any atom is 0.317 e. The van der Waals surface area contributed by atoms with E-state index in [1.54, 1.807) is 4.68 Å². The zero-order chi connectivity index (χ0) is 17.5. The van der Waals surface area contributed by atoms with E-state index in [4.69, 9.17) is 0 Å². The van der Waals surface area contributed by atoms with Crippen molar-refractivity contribution in [3.05, 3.63) is 18.0 Å². The maximum atomic E-state index is 12.5. The summed E-state index contributed by atoms with van der Waals surface area (Å²) >= 11 is 0. The molecule has 0 radical (unpaired) electrons. The van der Waals surface area contributed by atoms with E-state index in [1.165, 1.54) is 6.42 Å². The minimum atomic E-state index is 0.0267. The van der Waals surface area contributed by atoms with Crippen molar-refractivity contribution in [2.24, 2.45) is 18.9 Å². The Morgan fingerprint density at radius 3 is 2.67 bits per heavy atom. The Balaban J connectivity index is 1.77. The van der Waals surface area contributed by atoms with Gasteiger partial charge in [0.1, 0.15) is 0 Å². The number of piperidine rings is 1. The van der Waals surface area contributed by atoms with Crippen molar-refractivity contribution < 1.29 is 4.79 Å². The average Bonchev–Trinajstić information content (AvgIpc) is 2.91. The molecule has 2 heterocycles. The minimum absolute atomic E-state index is 0.0267. The van der Waals surface area contributed by atoms with Gasteiger partial charge in [-0.05, 0) is 24.7 Å². The van der Waals surface area contributed by atoms with Gasteiger partial charge in [0.25, 0.3) is 0 Å². The number of carbonyl (C=O) groups is 1. The Morgan fingerprint density at radius 1 is 1.38 bits per heavy atom. The number of nitrogens with one attached hydrogen (secondary N) is 1. The maximum absolute atomic E-state index is 12.5. The van der Waals surface area contributed by atoms with E-state index in [2.05, 4.69) is 36.1 Å². The van der Waals surface area contributed by atoms with Crippen molar-refractivity contribution in [2.45, 2.75) is 40.2 Å². The van der Waals surface area contributed by atoms with E-state index in [1.807, 2.05) is 24.3 Å². The third-order valence-electron chi connectivity index (χ3n) is 4.56. The minimum Gasteiger partial charge on any atom is -0.337 e. The van der Waals surface area contributed by atoms with Crippen molar-refractivity contribution >= 4 is 6.03 Å². The van der Waals surface area contributed by atoms with Gasteiger partial charge in [-0.3, -0.25) is 4.68 Å². The number of rotatable bonds is 7. The Labute approximate surface area is 146 Å². The summed E-state index contributed by atoms with van der Waals surface area (Å²) in [6, 6.07) is 0.0267. The van der Waals surface area contributed by atoms with Gasteiger partial charge in [-0.25, -0.2) is 4.79 Å². The molecule has 1 aliphatic heterocycles. The van der Waals surface area contributed by atoms with Gasteiger partial charge in [0, 0.05) is 51.5 Å². The van der Waals surface area contributed by atoms with Crippen LogP contribution in [-0.4, -0.2) is 58.3 Å². The van der Waals surface area contributed by atoms with Crippen LogP contribution < -0.4 is 5.32 Å². The van der Waals surface area contributed by atoms with Gasteiger partial charge in [0.15, 0.2) is 0 Å². The molecular formula is C18H33N5O. The van der Waals surface area contributed by atoms with Gasteiger partial charge in [0.05, 0.1) is 12.7 Å². The summed E-state index contributed by atoms with van der Waals surface area (Å²) in [5.74, 6) is 1.51. The summed E-state index contributed by atoms with van der Waals surface area (Å²) in [5, 5.41) is 7.27. The predicted molar refractivity (Wildman–Crippen MR) is 96.7 cm³/mol. The number of amides is 2. The van der Waals surface area contributed by atoms with Crippen molar-refractivity contribution in [1.29, 1.82) is 0 Å². The number of aromatic nitrogens is 2. The highest BCUT2D eigenvalue weighted by Gasteiger charge is 2.21. The molecule has 2 rings (SSSR count). The molecule has 0 bridgehead atoms. The standard InChI is InChI=1S/C18H33N5O/c1-5-7-23(14-17-10-20-21(4)13-17)18(24)19-6-8-22-11-15(2)9-16(3)12-22/h10,13,15-16H,5-9,11-12,14H2,1-4H3,(H,19,24)/t15-,16-/m1/s1. The van der Waals surface area contributed by atoms with Gasteiger partial charge in [-0.15, -0.1) is 0 Å². The van der Waals surface area contributed by atoms with Crippen LogP contribution in [0.4, 0.5) is 4.79 Å². The van der Waals surface area contributed by atoms with E-state index in [-0.39, 0.29) is 6.03 Å². The van der Waals surface area contributed by atoms with Gasteiger partial charge < -0.3 is 15.1 Å². The second kappa shape index (κ2) is 9.06. The van der Waals surface area contributed by atoms with E-state index in [0.29, 0.717) is 13.1 Å². The third kappa shape index (κ3) is 5.82. The van der Waals surface area contributed by atoms with Crippen LogP contribution in [0.2, 0.25) is 0 Å². The molecule has 2 atom stereocenters.